The average molecular weight is 491 g/mol. The van der Waals surface area contributed by atoms with Gasteiger partial charge in [0, 0.05) is 50.7 Å². The van der Waals surface area contributed by atoms with Crippen molar-refractivity contribution in [3.8, 4) is 0 Å². The molecular formula is C28H38N6O2. The molecule has 1 aromatic carbocycles. The summed E-state index contributed by atoms with van der Waals surface area (Å²) in [5.74, 6) is 1.16. The lowest BCUT2D eigenvalue weighted by molar-refractivity contribution is -0.132. The number of dihydropyridines is 1. The first-order valence-electron chi connectivity index (χ1n) is 13.1. The number of nitrogens with zero attached hydrogens (tertiary/aromatic N) is 3. The number of carbonyl (C=O) groups excluding carboxylic acids is 2. The fraction of sp³-hybridized carbons (Fsp3) is 0.500. The van der Waals surface area contributed by atoms with Crippen LogP contribution in [0.25, 0.3) is 5.57 Å². The third-order valence-corrected chi connectivity index (χ3v) is 7.83. The van der Waals surface area contributed by atoms with Gasteiger partial charge in [0.15, 0.2) is 0 Å². The van der Waals surface area contributed by atoms with Crippen LogP contribution in [0.3, 0.4) is 0 Å². The summed E-state index contributed by atoms with van der Waals surface area (Å²) < 4.78 is 0. The van der Waals surface area contributed by atoms with Gasteiger partial charge in [-0.3, -0.25) is 9.59 Å². The molecule has 0 radical (unpaired) electrons. The molecule has 3 N–H and O–H groups in total. The zero-order valence-corrected chi connectivity index (χ0v) is 21.8. The topological polar surface area (TPSA) is 80.0 Å². The monoisotopic (exact) mass is 490 g/mol. The Morgan fingerprint density at radius 1 is 1.28 bits per heavy atom. The van der Waals surface area contributed by atoms with Crippen LogP contribution in [0.15, 0.2) is 54.1 Å². The first-order valence-corrected chi connectivity index (χ1v) is 13.1. The summed E-state index contributed by atoms with van der Waals surface area (Å²) in [5, 5.41) is 14.0. The molecule has 0 spiro atoms. The summed E-state index contributed by atoms with van der Waals surface area (Å²) in [6.07, 6.45) is 9.43. The number of likely N-dealkylation sites (N-methyl/N-ethyl adjacent to an activating group) is 2. The van der Waals surface area contributed by atoms with Gasteiger partial charge in [-0.1, -0.05) is 24.3 Å². The Morgan fingerprint density at radius 3 is 2.78 bits per heavy atom. The van der Waals surface area contributed by atoms with Crippen molar-refractivity contribution >= 4 is 17.4 Å². The second kappa shape index (κ2) is 9.75. The fourth-order valence-electron chi connectivity index (χ4n) is 5.76. The van der Waals surface area contributed by atoms with Gasteiger partial charge in [-0.15, -0.1) is 0 Å². The van der Waals surface area contributed by atoms with E-state index in [9.17, 15) is 9.59 Å². The molecule has 0 bridgehead atoms. The molecule has 8 nitrogen and oxygen atoms in total. The van der Waals surface area contributed by atoms with Crippen LogP contribution in [0.5, 0.6) is 0 Å². The smallest absolute Gasteiger partial charge is 0.247 e. The average Bonchev–Trinajstić information content (AvgIpc) is 3.55. The minimum atomic E-state index is -0.427. The SMILES string of the molecule is CNC1(C2CC2)CCN(C2=CCNC(NC(=O)Cc3cccc(C4=CN(C(C)C)N(C)C4)c3)=C2)C1=O. The summed E-state index contributed by atoms with van der Waals surface area (Å²) in [6, 6.07) is 8.62. The van der Waals surface area contributed by atoms with Crippen LogP contribution in [-0.4, -0.2) is 72.0 Å². The van der Waals surface area contributed by atoms with Crippen molar-refractivity contribution in [2.45, 2.75) is 51.1 Å². The highest BCUT2D eigenvalue weighted by Gasteiger charge is 2.55. The highest BCUT2D eigenvalue weighted by atomic mass is 16.2. The molecule has 192 valence electrons. The highest BCUT2D eigenvalue weighted by molar-refractivity contribution is 5.91. The maximum atomic E-state index is 13.3. The molecule has 1 saturated heterocycles. The van der Waals surface area contributed by atoms with E-state index in [1.54, 1.807) is 0 Å². The van der Waals surface area contributed by atoms with Crippen LogP contribution in [0.4, 0.5) is 0 Å². The lowest BCUT2D eigenvalue weighted by Gasteiger charge is -2.29. The highest BCUT2D eigenvalue weighted by Crippen LogP contribution is 2.45. The standard InChI is InChI=1S/C28H38N6O2/c1-19(2)34-18-22(17-32(34)4)21-7-5-6-20(14-21)15-26(35)31-25-16-24(10-12-30-25)33-13-11-28(29-3,27(33)36)23-8-9-23/h5-7,10,14,16,18-19,23,29-30H,8-9,11-13,15,17H2,1-4H3,(H,31,35). The van der Waals surface area contributed by atoms with E-state index in [2.05, 4.69) is 65.2 Å². The Kier molecular flexibility index (Phi) is 6.66. The van der Waals surface area contributed by atoms with Crippen molar-refractivity contribution in [3.05, 3.63) is 65.3 Å². The van der Waals surface area contributed by atoms with Gasteiger partial charge in [-0.2, -0.15) is 0 Å². The molecule has 1 aromatic rings. The number of carbonyl (C=O) groups is 2. The largest absolute Gasteiger partial charge is 0.368 e. The van der Waals surface area contributed by atoms with Crippen LogP contribution in [0.1, 0.15) is 44.2 Å². The zero-order valence-electron chi connectivity index (χ0n) is 21.8. The van der Waals surface area contributed by atoms with Gasteiger partial charge >= 0.3 is 0 Å². The van der Waals surface area contributed by atoms with Crippen LogP contribution in [0.2, 0.25) is 0 Å². The maximum Gasteiger partial charge on any atom is 0.247 e. The van der Waals surface area contributed by atoms with E-state index in [0.717, 1.165) is 42.6 Å². The molecule has 1 atom stereocenters. The Morgan fingerprint density at radius 2 is 2.08 bits per heavy atom. The van der Waals surface area contributed by atoms with E-state index >= 15 is 0 Å². The molecule has 8 heteroatoms. The number of allylic oxidation sites excluding steroid dienone is 1. The first kappa shape index (κ1) is 24.6. The van der Waals surface area contributed by atoms with Gasteiger partial charge in [0.2, 0.25) is 11.8 Å². The fourth-order valence-corrected chi connectivity index (χ4v) is 5.76. The second-order valence-electron chi connectivity index (χ2n) is 10.6. The van der Waals surface area contributed by atoms with E-state index in [1.807, 2.05) is 36.2 Å². The summed E-state index contributed by atoms with van der Waals surface area (Å²) in [5.41, 5.74) is 3.80. The normalized spacial score (nSPS) is 24.6. The molecular weight excluding hydrogens is 452 g/mol. The van der Waals surface area contributed by atoms with Crippen LogP contribution in [-0.2, 0) is 16.0 Å². The first-order chi connectivity index (χ1) is 17.3. The summed E-state index contributed by atoms with van der Waals surface area (Å²) in [7, 11) is 3.99. The van der Waals surface area contributed by atoms with Crippen LogP contribution >= 0.6 is 0 Å². The molecule has 36 heavy (non-hydrogen) atoms. The Labute approximate surface area is 214 Å². The van der Waals surface area contributed by atoms with Gasteiger partial charge in [0.25, 0.3) is 0 Å². The minimum absolute atomic E-state index is 0.0798. The third-order valence-electron chi connectivity index (χ3n) is 7.83. The predicted octanol–water partition coefficient (Wildman–Crippen LogP) is 2.19. The Bertz CT molecular complexity index is 1130. The van der Waals surface area contributed by atoms with Gasteiger partial charge in [-0.05, 0) is 68.9 Å². The van der Waals surface area contributed by atoms with Crippen molar-refractivity contribution in [2.75, 3.05) is 33.7 Å². The van der Waals surface area contributed by atoms with Crippen molar-refractivity contribution in [1.29, 1.82) is 0 Å². The minimum Gasteiger partial charge on any atom is -0.368 e. The van der Waals surface area contributed by atoms with E-state index in [0.29, 0.717) is 30.9 Å². The van der Waals surface area contributed by atoms with E-state index < -0.39 is 5.54 Å². The molecule has 1 saturated carbocycles. The molecule has 2 amide bonds. The number of nitrogens with one attached hydrogen (secondary N) is 3. The summed E-state index contributed by atoms with van der Waals surface area (Å²) in [6.45, 7) is 6.48. The van der Waals surface area contributed by atoms with Crippen LogP contribution < -0.4 is 16.0 Å². The van der Waals surface area contributed by atoms with Crippen molar-refractivity contribution < 1.29 is 9.59 Å². The summed E-state index contributed by atoms with van der Waals surface area (Å²) in [4.78, 5) is 28.1. The number of amides is 2. The zero-order chi connectivity index (χ0) is 25.4. The van der Waals surface area contributed by atoms with Crippen molar-refractivity contribution in [2.24, 2.45) is 5.92 Å². The van der Waals surface area contributed by atoms with E-state index in [1.165, 1.54) is 5.57 Å². The molecule has 2 fully saturated rings. The number of likely N-dealkylation sites (tertiary alicyclic amines) is 1. The second-order valence-corrected chi connectivity index (χ2v) is 10.6. The summed E-state index contributed by atoms with van der Waals surface area (Å²) >= 11 is 0. The number of benzene rings is 1. The quantitative estimate of drug-likeness (QED) is 0.519. The van der Waals surface area contributed by atoms with Gasteiger partial charge < -0.3 is 25.9 Å². The Balaban J connectivity index is 1.22. The lowest BCUT2D eigenvalue weighted by atomic mass is 9.91. The number of hydrazine groups is 1. The molecule has 4 aliphatic rings. The molecule has 3 heterocycles. The third kappa shape index (κ3) is 4.67. The van der Waals surface area contributed by atoms with E-state index in [4.69, 9.17) is 0 Å². The maximum absolute atomic E-state index is 13.3. The lowest BCUT2D eigenvalue weighted by Crippen LogP contribution is -2.52. The molecule has 1 unspecified atom stereocenters. The van der Waals surface area contributed by atoms with Gasteiger partial charge in [-0.25, -0.2) is 5.01 Å². The van der Waals surface area contributed by atoms with Crippen molar-refractivity contribution in [3.63, 3.8) is 0 Å². The van der Waals surface area contributed by atoms with Gasteiger partial charge in [0.1, 0.15) is 11.4 Å². The Hall–Kier alpha value is -3.10. The van der Waals surface area contributed by atoms with Crippen molar-refractivity contribution in [1.82, 2.24) is 30.9 Å². The van der Waals surface area contributed by atoms with Crippen LogP contribution in [0, 0.1) is 5.92 Å². The number of hydrogen-bond acceptors (Lipinski definition) is 6. The molecule has 0 aromatic heterocycles. The number of hydrogen-bond donors (Lipinski definition) is 3. The number of rotatable bonds is 8. The predicted molar refractivity (Wildman–Crippen MR) is 141 cm³/mol. The molecule has 3 aliphatic heterocycles. The van der Waals surface area contributed by atoms with E-state index in [-0.39, 0.29) is 18.2 Å². The molecule has 5 rings (SSSR count). The van der Waals surface area contributed by atoms with Gasteiger partial charge in [0.05, 0.1) is 6.42 Å². The molecule has 1 aliphatic carbocycles.